The van der Waals surface area contributed by atoms with Gasteiger partial charge in [-0.15, -0.1) is 0 Å². The van der Waals surface area contributed by atoms with Crippen LogP contribution in [0.25, 0.3) is 0 Å². The quantitative estimate of drug-likeness (QED) is 0.657. The van der Waals surface area contributed by atoms with Gasteiger partial charge in [-0.25, -0.2) is 13.1 Å². The topological polar surface area (TPSA) is 55.4 Å². The molecule has 0 saturated heterocycles. The first kappa shape index (κ1) is 18.3. The van der Waals surface area contributed by atoms with Crippen LogP contribution in [0, 0.1) is 0 Å². The predicted octanol–water partition coefficient (Wildman–Crippen LogP) is 3.88. The maximum atomic E-state index is 12.4. The van der Waals surface area contributed by atoms with Crippen LogP contribution in [-0.2, 0) is 34.5 Å². The van der Waals surface area contributed by atoms with E-state index >= 15 is 0 Å². The Morgan fingerprint density at radius 3 is 1.96 bits per heavy atom. The number of ether oxygens (including phenoxy) is 1. The van der Waals surface area contributed by atoms with Crippen LogP contribution < -0.4 is 4.72 Å². The van der Waals surface area contributed by atoms with Crippen molar-refractivity contribution in [2.45, 2.75) is 24.7 Å². The van der Waals surface area contributed by atoms with Crippen LogP contribution in [0.1, 0.15) is 16.7 Å². The normalized spacial score (nSPS) is 11.4. The minimum atomic E-state index is -3.53. The lowest BCUT2D eigenvalue weighted by molar-refractivity contribution is 0.106. The van der Waals surface area contributed by atoms with Crippen LogP contribution in [-0.4, -0.2) is 8.42 Å². The Labute approximate surface area is 154 Å². The first-order valence-corrected chi connectivity index (χ1v) is 9.87. The van der Waals surface area contributed by atoms with Gasteiger partial charge in [0, 0.05) is 6.54 Å². The summed E-state index contributed by atoms with van der Waals surface area (Å²) in [5.74, 6) is 0. The van der Waals surface area contributed by atoms with Crippen LogP contribution in [0.2, 0.25) is 0 Å². The lowest BCUT2D eigenvalue weighted by Gasteiger charge is -2.12. The van der Waals surface area contributed by atoms with Crippen LogP contribution in [0.15, 0.2) is 89.8 Å². The number of rotatable bonds is 8. The van der Waals surface area contributed by atoms with Crippen LogP contribution in [0.4, 0.5) is 0 Å². The van der Waals surface area contributed by atoms with Gasteiger partial charge in [-0.05, 0) is 28.8 Å². The van der Waals surface area contributed by atoms with Gasteiger partial charge in [-0.3, -0.25) is 0 Å². The minimum absolute atomic E-state index is 0.224. The number of hydrogen-bond acceptors (Lipinski definition) is 3. The SMILES string of the molecule is O=S(=O)(NCc1ccccc1COCc1ccccc1)c1ccccc1. The molecule has 1 N–H and O–H groups in total. The summed E-state index contributed by atoms with van der Waals surface area (Å²) >= 11 is 0. The van der Waals surface area contributed by atoms with E-state index < -0.39 is 10.0 Å². The Morgan fingerprint density at radius 1 is 0.692 bits per heavy atom. The van der Waals surface area contributed by atoms with Crippen molar-refractivity contribution in [2.75, 3.05) is 0 Å². The molecule has 5 heteroatoms. The van der Waals surface area contributed by atoms with Gasteiger partial charge < -0.3 is 4.74 Å². The molecule has 0 aliphatic rings. The molecule has 0 fully saturated rings. The number of hydrogen-bond donors (Lipinski definition) is 1. The second-order valence-corrected chi connectivity index (χ2v) is 7.65. The van der Waals surface area contributed by atoms with E-state index in [1.807, 2.05) is 54.6 Å². The molecule has 3 rings (SSSR count). The molecule has 3 aromatic rings. The van der Waals surface area contributed by atoms with Crippen LogP contribution in [0.3, 0.4) is 0 Å². The first-order valence-electron chi connectivity index (χ1n) is 8.38. The summed E-state index contributed by atoms with van der Waals surface area (Å²) in [7, 11) is -3.53. The number of sulfonamides is 1. The summed E-state index contributed by atoms with van der Waals surface area (Å²) < 4.78 is 33.2. The first-order chi connectivity index (χ1) is 12.6. The van der Waals surface area contributed by atoms with Gasteiger partial charge in [0.25, 0.3) is 0 Å². The average molecular weight is 367 g/mol. The summed E-state index contributed by atoms with van der Waals surface area (Å²) in [4.78, 5) is 0.262. The van der Waals surface area contributed by atoms with Crippen molar-refractivity contribution >= 4 is 10.0 Å². The van der Waals surface area contributed by atoms with Gasteiger partial charge in [0.15, 0.2) is 0 Å². The largest absolute Gasteiger partial charge is 0.372 e. The van der Waals surface area contributed by atoms with Crippen molar-refractivity contribution in [3.05, 3.63) is 102 Å². The smallest absolute Gasteiger partial charge is 0.240 e. The Kier molecular flexibility index (Phi) is 6.17. The third kappa shape index (κ3) is 5.02. The summed E-state index contributed by atoms with van der Waals surface area (Å²) in [6.07, 6.45) is 0. The fourth-order valence-electron chi connectivity index (χ4n) is 2.58. The molecule has 0 amide bonds. The fourth-order valence-corrected chi connectivity index (χ4v) is 3.61. The van der Waals surface area contributed by atoms with E-state index in [9.17, 15) is 8.42 Å². The molecule has 3 aromatic carbocycles. The fraction of sp³-hybridized carbons (Fsp3) is 0.143. The third-order valence-corrected chi connectivity index (χ3v) is 5.41. The molecule has 0 saturated carbocycles. The second-order valence-electron chi connectivity index (χ2n) is 5.88. The lowest BCUT2D eigenvalue weighted by atomic mass is 10.1. The molecule has 0 atom stereocenters. The Balaban J connectivity index is 1.62. The van der Waals surface area contributed by atoms with Gasteiger partial charge in [0.05, 0.1) is 18.1 Å². The number of benzene rings is 3. The van der Waals surface area contributed by atoms with E-state index in [1.54, 1.807) is 30.3 Å². The van der Waals surface area contributed by atoms with Gasteiger partial charge in [0.2, 0.25) is 10.0 Å². The maximum absolute atomic E-state index is 12.4. The number of nitrogens with one attached hydrogen (secondary N) is 1. The molecule has 0 aromatic heterocycles. The molecule has 26 heavy (non-hydrogen) atoms. The van der Waals surface area contributed by atoms with Crippen molar-refractivity contribution < 1.29 is 13.2 Å². The zero-order chi connectivity index (χ0) is 18.2. The van der Waals surface area contributed by atoms with Gasteiger partial charge in [-0.2, -0.15) is 0 Å². The molecule has 0 bridgehead atoms. The van der Waals surface area contributed by atoms with Crippen molar-refractivity contribution in [3.63, 3.8) is 0 Å². The second kappa shape index (κ2) is 8.76. The van der Waals surface area contributed by atoms with Crippen molar-refractivity contribution in [1.82, 2.24) is 4.72 Å². The highest BCUT2D eigenvalue weighted by molar-refractivity contribution is 7.89. The standard InChI is InChI=1S/C21H21NO3S/c23-26(24,21-13-5-2-6-14-21)22-15-19-11-7-8-12-20(19)17-25-16-18-9-3-1-4-10-18/h1-14,22H,15-17H2. The molecule has 4 nitrogen and oxygen atoms in total. The molecule has 0 radical (unpaired) electrons. The minimum Gasteiger partial charge on any atom is -0.372 e. The Bertz CT molecular complexity index is 926. The maximum Gasteiger partial charge on any atom is 0.240 e. The van der Waals surface area contributed by atoms with Gasteiger partial charge >= 0.3 is 0 Å². The van der Waals surface area contributed by atoms with Crippen LogP contribution in [0.5, 0.6) is 0 Å². The molecule has 134 valence electrons. The molecule has 0 aliphatic carbocycles. The van der Waals surface area contributed by atoms with Gasteiger partial charge in [0.1, 0.15) is 0 Å². The van der Waals surface area contributed by atoms with E-state index in [4.69, 9.17) is 4.74 Å². The van der Waals surface area contributed by atoms with Crippen molar-refractivity contribution in [3.8, 4) is 0 Å². The molecule has 0 spiro atoms. The summed E-state index contributed by atoms with van der Waals surface area (Å²) in [5.41, 5.74) is 2.98. The van der Waals surface area contributed by atoms with Crippen molar-refractivity contribution in [2.24, 2.45) is 0 Å². The molecule has 0 unspecified atom stereocenters. The van der Waals surface area contributed by atoms with Gasteiger partial charge in [-0.1, -0.05) is 72.8 Å². The highest BCUT2D eigenvalue weighted by atomic mass is 32.2. The summed E-state index contributed by atoms with van der Waals surface area (Å²) in [5, 5.41) is 0. The van der Waals surface area contributed by atoms with E-state index in [2.05, 4.69) is 4.72 Å². The predicted molar refractivity (Wildman–Crippen MR) is 102 cm³/mol. The average Bonchev–Trinajstić information content (AvgIpc) is 2.69. The van der Waals surface area contributed by atoms with Crippen LogP contribution >= 0.6 is 0 Å². The van der Waals surface area contributed by atoms with E-state index in [-0.39, 0.29) is 11.4 Å². The lowest BCUT2D eigenvalue weighted by Crippen LogP contribution is -2.23. The van der Waals surface area contributed by atoms with E-state index in [0.29, 0.717) is 13.2 Å². The molecular formula is C21H21NO3S. The molecule has 0 aliphatic heterocycles. The zero-order valence-corrected chi connectivity index (χ0v) is 15.2. The van der Waals surface area contributed by atoms with E-state index in [1.165, 1.54) is 0 Å². The molecular weight excluding hydrogens is 346 g/mol. The Morgan fingerprint density at radius 2 is 1.27 bits per heavy atom. The summed E-state index contributed by atoms with van der Waals surface area (Å²) in [6, 6.07) is 26.0. The monoisotopic (exact) mass is 367 g/mol. The zero-order valence-electron chi connectivity index (χ0n) is 14.3. The Hall–Kier alpha value is -2.47. The highest BCUT2D eigenvalue weighted by Gasteiger charge is 2.13. The third-order valence-electron chi connectivity index (χ3n) is 3.99. The molecule has 0 heterocycles. The summed E-state index contributed by atoms with van der Waals surface area (Å²) in [6.45, 7) is 1.17. The van der Waals surface area contributed by atoms with Crippen molar-refractivity contribution in [1.29, 1.82) is 0 Å². The van der Waals surface area contributed by atoms with E-state index in [0.717, 1.165) is 16.7 Å². The highest BCUT2D eigenvalue weighted by Crippen LogP contribution is 2.14.